The summed E-state index contributed by atoms with van der Waals surface area (Å²) >= 11 is 1.82. The first-order chi connectivity index (χ1) is 9.06. The molecule has 3 unspecified atom stereocenters. The van der Waals surface area contributed by atoms with Gasteiger partial charge in [0.25, 0.3) is 0 Å². The second kappa shape index (κ2) is 6.47. The number of carboxylic acid groups (broad SMARTS) is 1. The van der Waals surface area contributed by atoms with Gasteiger partial charge in [-0.2, -0.15) is 11.8 Å². The standard InChI is InChI=1S/C16H22O2S/c1-11-4-3-5-13(8-11)10-19-15-9-12(2)6-7-14(15)16(17)18/h3-5,8,12,14-15H,6-7,9-10H2,1-2H3,(H,17,18). The van der Waals surface area contributed by atoms with Crippen molar-refractivity contribution >= 4 is 17.7 Å². The van der Waals surface area contributed by atoms with E-state index in [9.17, 15) is 9.90 Å². The minimum absolute atomic E-state index is 0.161. The highest BCUT2D eigenvalue weighted by molar-refractivity contribution is 7.99. The molecule has 0 aliphatic heterocycles. The fraction of sp³-hybridized carbons (Fsp3) is 0.562. The molecule has 2 rings (SSSR count). The van der Waals surface area contributed by atoms with Gasteiger partial charge in [-0.25, -0.2) is 0 Å². The van der Waals surface area contributed by atoms with Gasteiger partial charge in [-0.05, 0) is 37.7 Å². The number of hydrogen-bond donors (Lipinski definition) is 1. The van der Waals surface area contributed by atoms with Gasteiger partial charge >= 0.3 is 5.97 Å². The van der Waals surface area contributed by atoms with Crippen LogP contribution in [0.25, 0.3) is 0 Å². The summed E-state index contributed by atoms with van der Waals surface area (Å²) in [5.74, 6) is 0.799. The SMILES string of the molecule is Cc1cccc(CSC2CC(C)CCC2C(=O)O)c1. The van der Waals surface area contributed by atoms with E-state index < -0.39 is 5.97 Å². The van der Waals surface area contributed by atoms with Gasteiger partial charge in [0.15, 0.2) is 0 Å². The van der Waals surface area contributed by atoms with Crippen molar-refractivity contribution in [1.82, 2.24) is 0 Å². The Kier molecular flexibility index (Phi) is 4.92. The molecule has 3 heteroatoms. The van der Waals surface area contributed by atoms with Gasteiger partial charge in [-0.1, -0.05) is 36.8 Å². The number of carbonyl (C=O) groups is 1. The van der Waals surface area contributed by atoms with Crippen molar-refractivity contribution < 1.29 is 9.90 Å². The van der Waals surface area contributed by atoms with Crippen molar-refractivity contribution in [1.29, 1.82) is 0 Å². The predicted molar refractivity (Wildman–Crippen MR) is 80.4 cm³/mol. The smallest absolute Gasteiger partial charge is 0.307 e. The molecule has 0 spiro atoms. The molecule has 0 aromatic heterocycles. The van der Waals surface area contributed by atoms with Crippen molar-refractivity contribution in [2.45, 2.75) is 44.1 Å². The van der Waals surface area contributed by atoms with E-state index in [4.69, 9.17) is 0 Å². The molecule has 1 aromatic carbocycles. The molecule has 0 heterocycles. The van der Waals surface area contributed by atoms with Gasteiger partial charge in [0.05, 0.1) is 5.92 Å². The molecule has 1 fully saturated rings. The largest absolute Gasteiger partial charge is 0.481 e. The maximum absolute atomic E-state index is 11.3. The van der Waals surface area contributed by atoms with Gasteiger partial charge < -0.3 is 5.11 Å². The topological polar surface area (TPSA) is 37.3 Å². The van der Waals surface area contributed by atoms with E-state index >= 15 is 0 Å². The first-order valence-electron chi connectivity index (χ1n) is 6.96. The van der Waals surface area contributed by atoms with Crippen LogP contribution in [0.5, 0.6) is 0 Å². The highest BCUT2D eigenvalue weighted by Gasteiger charge is 2.33. The molecular formula is C16H22O2S. The van der Waals surface area contributed by atoms with E-state index in [1.165, 1.54) is 11.1 Å². The van der Waals surface area contributed by atoms with E-state index in [2.05, 4.69) is 38.1 Å². The quantitative estimate of drug-likeness (QED) is 0.900. The van der Waals surface area contributed by atoms with Crippen molar-refractivity contribution in [2.75, 3.05) is 0 Å². The van der Waals surface area contributed by atoms with Crippen molar-refractivity contribution in [3.63, 3.8) is 0 Å². The predicted octanol–water partition coefficient (Wildman–Crippen LogP) is 4.12. The monoisotopic (exact) mass is 278 g/mol. The highest BCUT2D eigenvalue weighted by Crippen LogP contribution is 2.38. The third-order valence-corrected chi connectivity index (χ3v) is 5.37. The van der Waals surface area contributed by atoms with E-state index in [0.717, 1.165) is 25.0 Å². The molecule has 3 atom stereocenters. The number of benzene rings is 1. The Hall–Kier alpha value is -0.960. The Morgan fingerprint density at radius 1 is 1.42 bits per heavy atom. The maximum Gasteiger partial charge on any atom is 0.307 e. The lowest BCUT2D eigenvalue weighted by Gasteiger charge is -2.32. The van der Waals surface area contributed by atoms with E-state index in [-0.39, 0.29) is 11.2 Å². The average Bonchev–Trinajstić information content (AvgIpc) is 2.36. The number of carboxylic acids is 1. The summed E-state index contributed by atoms with van der Waals surface area (Å²) in [5, 5.41) is 9.59. The summed E-state index contributed by atoms with van der Waals surface area (Å²) in [6.45, 7) is 4.33. The van der Waals surface area contributed by atoms with Crippen molar-refractivity contribution in [3.05, 3.63) is 35.4 Å². The lowest BCUT2D eigenvalue weighted by molar-refractivity contribution is -0.142. The van der Waals surface area contributed by atoms with Crippen LogP contribution in [0.2, 0.25) is 0 Å². The molecule has 2 nitrogen and oxygen atoms in total. The second-order valence-electron chi connectivity index (χ2n) is 5.70. The Labute approximate surface area is 119 Å². The number of aryl methyl sites for hydroxylation is 1. The van der Waals surface area contributed by atoms with Gasteiger partial charge in [-0.15, -0.1) is 0 Å². The zero-order valence-electron chi connectivity index (χ0n) is 11.6. The molecule has 0 radical (unpaired) electrons. The summed E-state index contributed by atoms with van der Waals surface area (Å²) in [4.78, 5) is 11.3. The fourth-order valence-electron chi connectivity index (χ4n) is 2.80. The molecule has 1 N–H and O–H groups in total. The summed E-state index contributed by atoms with van der Waals surface area (Å²) in [6, 6.07) is 8.48. The van der Waals surface area contributed by atoms with Crippen LogP contribution in [0.3, 0.4) is 0 Å². The van der Waals surface area contributed by atoms with Crippen molar-refractivity contribution in [2.24, 2.45) is 11.8 Å². The minimum Gasteiger partial charge on any atom is -0.481 e. The zero-order valence-corrected chi connectivity index (χ0v) is 12.5. The fourth-order valence-corrected chi connectivity index (χ4v) is 4.34. The van der Waals surface area contributed by atoms with Crippen LogP contribution >= 0.6 is 11.8 Å². The van der Waals surface area contributed by atoms with Crippen LogP contribution < -0.4 is 0 Å². The third-order valence-electron chi connectivity index (χ3n) is 3.92. The Bertz CT molecular complexity index is 444. The maximum atomic E-state index is 11.3. The van der Waals surface area contributed by atoms with Gasteiger partial charge in [-0.3, -0.25) is 4.79 Å². The number of thioether (sulfide) groups is 1. The van der Waals surface area contributed by atoms with Crippen LogP contribution in [0.4, 0.5) is 0 Å². The molecule has 1 saturated carbocycles. The summed E-state index contributed by atoms with van der Waals surface area (Å²) in [7, 11) is 0. The van der Waals surface area contributed by atoms with Crippen LogP contribution in [0.1, 0.15) is 37.3 Å². The number of aliphatic carboxylic acids is 1. The molecule has 0 amide bonds. The Morgan fingerprint density at radius 2 is 2.21 bits per heavy atom. The molecule has 1 aliphatic carbocycles. The Morgan fingerprint density at radius 3 is 2.89 bits per heavy atom. The second-order valence-corrected chi connectivity index (χ2v) is 6.93. The average molecular weight is 278 g/mol. The first-order valence-corrected chi connectivity index (χ1v) is 8.01. The van der Waals surface area contributed by atoms with Gasteiger partial charge in [0, 0.05) is 11.0 Å². The normalized spacial score (nSPS) is 27.2. The molecule has 104 valence electrons. The molecule has 19 heavy (non-hydrogen) atoms. The van der Waals surface area contributed by atoms with Crippen LogP contribution in [0, 0.1) is 18.8 Å². The van der Waals surface area contributed by atoms with E-state index in [1.54, 1.807) is 0 Å². The van der Waals surface area contributed by atoms with E-state index in [1.807, 2.05) is 11.8 Å². The number of hydrogen-bond acceptors (Lipinski definition) is 2. The van der Waals surface area contributed by atoms with E-state index in [0.29, 0.717) is 5.92 Å². The van der Waals surface area contributed by atoms with Crippen LogP contribution in [-0.4, -0.2) is 16.3 Å². The third kappa shape index (κ3) is 4.00. The first kappa shape index (κ1) is 14.4. The van der Waals surface area contributed by atoms with Crippen molar-refractivity contribution in [3.8, 4) is 0 Å². The minimum atomic E-state index is -0.617. The van der Waals surface area contributed by atoms with Gasteiger partial charge in [0.1, 0.15) is 0 Å². The molecule has 0 saturated heterocycles. The molecular weight excluding hydrogens is 256 g/mol. The molecule has 0 bridgehead atoms. The molecule has 1 aromatic rings. The Balaban J connectivity index is 1.97. The van der Waals surface area contributed by atoms with Crippen LogP contribution in [-0.2, 0) is 10.5 Å². The summed E-state index contributed by atoms with van der Waals surface area (Å²) < 4.78 is 0. The highest BCUT2D eigenvalue weighted by atomic mass is 32.2. The summed E-state index contributed by atoms with van der Waals surface area (Å²) in [6.07, 6.45) is 2.92. The zero-order chi connectivity index (χ0) is 13.8. The lowest BCUT2D eigenvalue weighted by Crippen LogP contribution is -2.32. The number of rotatable bonds is 4. The lowest BCUT2D eigenvalue weighted by atomic mass is 9.82. The van der Waals surface area contributed by atoms with Gasteiger partial charge in [0.2, 0.25) is 0 Å². The molecule has 1 aliphatic rings. The summed E-state index contributed by atoms with van der Waals surface area (Å²) in [5.41, 5.74) is 2.57. The van der Waals surface area contributed by atoms with Crippen LogP contribution in [0.15, 0.2) is 24.3 Å².